The molecule has 2 unspecified atom stereocenters. The second-order valence-corrected chi connectivity index (χ2v) is 4.62. The van der Waals surface area contributed by atoms with Crippen LogP contribution in [0.15, 0.2) is 22.7 Å². The number of rotatable bonds is 2. The molecule has 1 aliphatic heterocycles. The van der Waals surface area contributed by atoms with Gasteiger partial charge >= 0.3 is 0 Å². The highest BCUT2D eigenvalue weighted by atomic mass is 79.9. The van der Waals surface area contributed by atoms with Gasteiger partial charge in [-0.25, -0.2) is 0 Å². The number of nitrogens with two attached hydrogens (primary N) is 1. The molecular weight excluding hydrogens is 281 g/mol. The van der Waals surface area contributed by atoms with E-state index in [1.165, 1.54) is 0 Å². The van der Waals surface area contributed by atoms with E-state index in [1.54, 1.807) is 0 Å². The molecule has 1 aliphatic rings. The monoisotopic (exact) mass is 291 g/mol. The molecule has 0 saturated carbocycles. The molecule has 2 N–H and O–H groups in total. The first-order valence-corrected chi connectivity index (χ1v) is 5.80. The van der Waals surface area contributed by atoms with Gasteiger partial charge in [-0.15, -0.1) is 0 Å². The Morgan fingerprint density at radius 3 is 2.93 bits per heavy atom. The number of hydrogen-bond donors (Lipinski definition) is 1. The van der Waals surface area contributed by atoms with Crippen LogP contribution in [0.25, 0.3) is 0 Å². The molecule has 1 fully saturated rings. The maximum Gasteiger partial charge on any atom is 0.185 e. The standard InChI is InChI=1S/C10H11BrClNO2/c11-9-3-6(12)1-2-8(9)10-14-5-7(4-13)15-10/h1-3,7,10H,4-5,13H2. The molecule has 1 saturated heterocycles. The van der Waals surface area contributed by atoms with E-state index in [0.717, 1.165) is 10.0 Å². The molecule has 2 rings (SSSR count). The van der Waals surface area contributed by atoms with Crippen LogP contribution in [-0.2, 0) is 9.47 Å². The third kappa shape index (κ3) is 2.52. The minimum Gasteiger partial charge on any atom is -0.346 e. The van der Waals surface area contributed by atoms with Crippen molar-refractivity contribution in [2.75, 3.05) is 13.2 Å². The number of ether oxygens (including phenoxy) is 2. The molecule has 1 aromatic rings. The minimum absolute atomic E-state index is 0.0161. The highest BCUT2D eigenvalue weighted by Crippen LogP contribution is 2.33. The van der Waals surface area contributed by atoms with Gasteiger partial charge in [0, 0.05) is 21.6 Å². The van der Waals surface area contributed by atoms with E-state index in [0.29, 0.717) is 18.2 Å². The topological polar surface area (TPSA) is 44.5 Å². The van der Waals surface area contributed by atoms with Gasteiger partial charge in [-0.2, -0.15) is 0 Å². The van der Waals surface area contributed by atoms with Gasteiger partial charge in [0.2, 0.25) is 0 Å². The van der Waals surface area contributed by atoms with E-state index in [9.17, 15) is 0 Å². The largest absolute Gasteiger partial charge is 0.346 e. The van der Waals surface area contributed by atoms with Crippen LogP contribution < -0.4 is 5.73 Å². The predicted molar refractivity (Wildman–Crippen MR) is 61.8 cm³/mol. The van der Waals surface area contributed by atoms with Crippen LogP contribution in [0, 0.1) is 0 Å². The Hall–Kier alpha value is -0.130. The summed E-state index contributed by atoms with van der Waals surface area (Å²) < 4.78 is 12.0. The summed E-state index contributed by atoms with van der Waals surface area (Å²) in [5.74, 6) is 0. The second-order valence-electron chi connectivity index (χ2n) is 3.32. The van der Waals surface area contributed by atoms with Crippen LogP contribution >= 0.6 is 27.5 Å². The van der Waals surface area contributed by atoms with Gasteiger partial charge in [0.1, 0.15) is 0 Å². The molecule has 0 bridgehead atoms. The molecule has 3 nitrogen and oxygen atoms in total. The fourth-order valence-corrected chi connectivity index (χ4v) is 2.30. The van der Waals surface area contributed by atoms with Crippen molar-refractivity contribution in [3.8, 4) is 0 Å². The lowest BCUT2D eigenvalue weighted by atomic mass is 10.2. The van der Waals surface area contributed by atoms with Crippen molar-refractivity contribution in [3.63, 3.8) is 0 Å². The highest BCUT2D eigenvalue weighted by molar-refractivity contribution is 9.10. The molecular formula is C10H11BrClNO2. The van der Waals surface area contributed by atoms with Crippen molar-refractivity contribution < 1.29 is 9.47 Å². The van der Waals surface area contributed by atoms with Crippen molar-refractivity contribution in [1.82, 2.24) is 0 Å². The lowest BCUT2D eigenvalue weighted by Crippen LogP contribution is -2.21. The van der Waals surface area contributed by atoms with Crippen molar-refractivity contribution in [1.29, 1.82) is 0 Å². The zero-order valence-corrected chi connectivity index (χ0v) is 10.3. The Balaban J connectivity index is 2.17. The molecule has 1 aromatic carbocycles. The average Bonchev–Trinajstić information content (AvgIpc) is 2.66. The molecule has 0 aromatic heterocycles. The second kappa shape index (κ2) is 4.80. The van der Waals surface area contributed by atoms with E-state index < -0.39 is 0 Å². The fraction of sp³-hybridized carbons (Fsp3) is 0.400. The quantitative estimate of drug-likeness (QED) is 0.911. The summed E-state index contributed by atoms with van der Waals surface area (Å²) in [7, 11) is 0. The summed E-state index contributed by atoms with van der Waals surface area (Å²) in [5.41, 5.74) is 6.44. The summed E-state index contributed by atoms with van der Waals surface area (Å²) in [6, 6.07) is 5.51. The molecule has 0 radical (unpaired) electrons. The minimum atomic E-state index is -0.342. The molecule has 2 atom stereocenters. The molecule has 0 spiro atoms. The van der Waals surface area contributed by atoms with E-state index in [-0.39, 0.29) is 12.4 Å². The van der Waals surface area contributed by atoms with Crippen LogP contribution in [0.3, 0.4) is 0 Å². The molecule has 0 aliphatic carbocycles. The van der Waals surface area contributed by atoms with Crippen LogP contribution in [0.5, 0.6) is 0 Å². The van der Waals surface area contributed by atoms with E-state index in [1.807, 2.05) is 18.2 Å². The zero-order chi connectivity index (χ0) is 10.8. The summed E-state index contributed by atoms with van der Waals surface area (Å²) in [6.45, 7) is 1.01. The van der Waals surface area contributed by atoms with Crippen LogP contribution in [0.2, 0.25) is 5.02 Å². The molecule has 82 valence electrons. The van der Waals surface area contributed by atoms with Crippen molar-refractivity contribution >= 4 is 27.5 Å². The SMILES string of the molecule is NCC1COC(c2ccc(Cl)cc2Br)O1. The zero-order valence-electron chi connectivity index (χ0n) is 7.95. The van der Waals surface area contributed by atoms with Crippen molar-refractivity contribution in [3.05, 3.63) is 33.3 Å². The van der Waals surface area contributed by atoms with Crippen LogP contribution in [-0.4, -0.2) is 19.3 Å². The van der Waals surface area contributed by atoms with Gasteiger partial charge in [-0.1, -0.05) is 33.6 Å². The number of hydrogen-bond acceptors (Lipinski definition) is 3. The van der Waals surface area contributed by atoms with Crippen LogP contribution in [0.1, 0.15) is 11.9 Å². The molecule has 15 heavy (non-hydrogen) atoms. The molecule has 0 amide bonds. The van der Waals surface area contributed by atoms with Crippen molar-refractivity contribution in [2.45, 2.75) is 12.4 Å². The Labute approximate surface area is 102 Å². The Bertz CT molecular complexity index is 361. The van der Waals surface area contributed by atoms with Gasteiger partial charge in [-0.3, -0.25) is 0 Å². The lowest BCUT2D eigenvalue weighted by Gasteiger charge is -2.12. The predicted octanol–water partition coefficient (Wildman–Crippen LogP) is 2.48. The first-order valence-electron chi connectivity index (χ1n) is 4.63. The van der Waals surface area contributed by atoms with Crippen LogP contribution in [0.4, 0.5) is 0 Å². The smallest absolute Gasteiger partial charge is 0.185 e. The summed E-state index contributed by atoms with van der Waals surface area (Å²) in [6.07, 6.45) is -0.359. The van der Waals surface area contributed by atoms with E-state index in [4.69, 9.17) is 26.8 Å². The first-order chi connectivity index (χ1) is 7.20. The van der Waals surface area contributed by atoms with Gasteiger partial charge in [0.25, 0.3) is 0 Å². The average molecular weight is 293 g/mol. The molecule has 5 heteroatoms. The van der Waals surface area contributed by atoms with E-state index >= 15 is 0 Å². The summed E-state index contributed by atoms with van der Waals surface area (Å²) in [4.78, 5) is 0. The highest BCUT2D eigenvalue weighted by Gasteiger charge is 2.27. The fourth-order valence-electron chi connectivity index (χ4n) is 1.43. The maximum absolute atomic E-state index is 5.85. The first kappa shape index (κ1) is 11.4. The Kier molecular flexibility index (Phi) is 3.64. The van der Waals surface area contributed by atoms with Gasteiger partial charge in [0.05, 0.1) is 12.7 Å². The van der Waals surface area contributed by atoms with Gasteiger partial charge in [-0.05, 0) is 12.1 Å². The maximum atomic E-state index is 5.85. The van der Waals surface area contributed by atoms with Gasteiger partial charge < -0.3 is 15.2 Å². The summed E-state index contributed by atoms with van der Waals surface area (Å²) in [5, 5.41) is 0.680. The number of halogens is 2. The normalized spacial score (nSPS) is 25.8. The number of benzene rings is 1. The summed E-state index contributed by atoms with van der Waals surface area (Å²) >= 11 is 9.27. The third-order valence-corrected chi connectivity index (χ3v) is 3.15. The van der Waals surface area contributed by atoms with E-state index in [2.05, 4.69) is 15.9 Å². The van der Waals surface area contributed by atoms with Crippen molar-refractivity contribution in [2.24, 2.45) is 5.73 Å². The molecule has 1 heterocycles. The Morgan fingerprint density at radius 2 is 2.33 bits per heavy atom. The van der Waals surface area contributed by atoms with Gasteiger partial charge in [0.15, 0.2) is 6.29 Å². The third-order valence-electron chi connectivity index (χ3n) is 2.23. The lowest BCUT2D eigenvalue weighted by molar-refractivity contribution is -0.0590. The Morgan fingerprint density at radius 1 is 1.53 bits per heavy atom.